The van der Waals surface area contributed by atoms with Crippen molar-refractivity contribution in [3.05, 3.63) is 35.4 Å². The Bertz CT molecular complexity index is 956. The molecule has 1 atom stereocenters. The van der Waals surface area contributed by atoms with Gasteiger partial charge in [-0.25, -0.2) is 8.42 Å². The lowest BCUT2D eigenvalue weighted by Gasteiger charge is -2.33. The van der Waals surface area contributed by atoms with Gasteiger partial charge in [-0.1, -0.05) is 41.2 Å². The van der Waals surface area contributed by atoms with Crippen molar-refractivity contribution in [1.82, 2.24) is 19.8 Å². The van der Waals surface area contributed by atoms with Crippen LogP contribution < -0.4 is 10.6 Å². The lowest BCUT2D eigenvalue weighted by Crippen LogP contribution is -2.52. The molecule has 0 saturated carbocycles. The van der Waals surface area contributed by atoms with E-state index in [0.29, 0.717) is 5.56 Å². The van der Waals surface area contributed by atoms with Crippen LogP contribution in [0.15, 0.2) is 28.6 Å². The van der Waals surface area contributed by atoms with Crippen LogP contribution >= 0.6 is 11.3 Å². The molecular formula is C15H17N5O4S2. The molecular weight excluding hydrogens is 378 g/mol. The van der Waals surface area contributed by atoms with Crippen molar-refractivity contribution >= 4 is 38.3 Å². The summed E-state index contributed by atoms with van der Waals surface area (Å²) in [6.45, 7) is 3.48. The summed E-state index contributed by atoms with van der Waals surface area (Å²) < 4.78 is 26.9. The van der Waals surface area contributed by atoms with E-state index in [1.807, 2.05) is 13.0 Å². The van der Waals surface area contributed by atoms with Crippen LogP contribution in [0.2, 0.25) is 0 Å². The summed E-state index contributed by atoms with van der Waals surface area (Å²) in [7, 11) is -4.05. The summed E-state index contributed by atoms with van der Waals surface area (Å²) in [6.07, 6.45) is 0. The topological polar surface area (TPSA) is 121 Å². The molecule has 11 heteroatoms. The Morgan fingerprint density at radius 3 is 2.85 bits per heavy atom. The predicted molar refractivity (Wildman–Crippen MR) is 95.0 cm³/mol. The van der Waals surface area contributed by atoms with Crippen LogP contribution in [0.5, 0.6) is 0 Å². The summed E-state index contributed by atoms with van der Waals surface area (Å²) >= 11 is 0.748. The summed E-state index contributed by atoms with van der Waals surface area (Å²) in [5.74, 6) is -0.767. The highest BCUT2D eigenvalue weighted by Crippen LogP contribution is 2.32. The standard InChI is InChI=1S/C15H17N5O4S2/c1-9-4-3-5-11(8-9)12-13(22)16-6-7-20(12)26(23,24)15-19-18-14(25-15)17-10(2)21/h3-5,8,12H,6-7H2,1-2H3,(H,16,22)(H,17,18,21). The Kier molecular flexibility index (Phi) is 5.03. The van der Waals surface area contributed by atoms with Gasteiger partial charge in [0.25, 0.3) is 10.0 Å². The molecule has 1 fully saturated rings. The maximum absolute atomic E-state index is 13.0. The fraction of sp³-hybridized carbons (Fsp3) is 0.333. The van der Waals surface area contributed by atoms with Crippen molar-refractivity contribution < 1.29 is 18.0 Å². The van der Waals surface area contributed by atoms with Gasteiger partial charge >= 0.3 is 0 Å². The monoisotopic (exact) mass is 395 g/mol. The minimum Gasteiger partial charge on any atom is -0.353 e. The van der Waals surface area contributed by atoms with Crippen LogP contribution in [0.1, 0.15) is 24.1 Å². The third kappa shape index (κ3) is 3.59. The molecule has 0 bridgehead atoms. The van der Waals surface area contributed by atoms with Gasteiger partial charge in [-0.15, -0.1) is 10.2 Å². The number of hydrogen-bond donors (Lipinski definition) is 2. The van der Waals surface area contributed by atoms with Gasteiger partial charge in [0.05, 0.1) is 0 Å². The third-order valence-corrected chi connectivity index (χ3v) is 6.79. The normalized spacial score (nSPS) is 18.4. The zero-order chi connectivity index (χ0) is 18.9. The van der Waals surface area contributed by atoms with E-state index in [2.05, 4.69) is 20.8 Å². The number of aromatic nitrogens is 2. The number of aryl methyl sites for hydroxylation is 1. The number of nitrogens with one attached hydrogen (secondary N) is 2. The van der Waals surface area contributed by atoms with E-state index in [9.17, 15) is 18.0 Å². The molecule has 0 spiro atoms. The highest BCUT2D eigenvalue weighted by atomic mass is 32.2. The van der Waals surface area contributed by atoms with Gasteiger partial charge in [0.1, 0.15) is 6.04 Å². The molecule has 1 aliphatic heterocycles. The molecule has 3 rings (SSSR count). The average Bonchev–Trinajstić information content (AvgIpc) is 3.03. The molecule has 9 nitrogen and oxygen atoms in total. The van der Waals surface area contributed by atoms with Gasteiger partial charge in [-0.2, -0.15) is 4.31 Å². The predicted octanol–water partition coefficient (Wildman–Crippen LogP) is 0.667. The molecule has 2 N–H and O–H groups in total. The van der Waals surface area contributed by atoms with Gasteiger partial charge in [-0.3, -0.25) is 9.59 Å². The van der Waals surface area contributed by atoms with Gasteiger partial charge in [0.15, 0.2) is 0 Å². The van der Waals surface area contributed by atoms with Crippen LogP contribution in [0.4, 0.5) is 5.13 Å². The fourth-order valence-corrected chi connectivity index (χ4v) is 5.32. The molecule has 0 radical (unpaired) electrons. The SMILES string of the molecule is CC(=O)Nc1nnc(S(=O)(=O)N2CCNC(=O)C2c2cccc(C)c2)s1. The highest BCUT2D eigenvalue weighted by molar-refractivity contribution is 7.91. The number of amides is 2. The molecule has 2 aromatic rings. The average molecular weight is 395 g/mol. The Morgan fingerprint density at radius 2 is 2.15 bits per heavy atom. The molecule has 2 heterocycles. The number of rotatable bonds is 4. The Morgan fingerprint density at radius 1 is 1.38 bits per heavy atom. The van der Waals surface area contributed by atoms with Crippen LogP contribution in [-0.4, -0.2) is 47.8 Å². The maximum atomic E-state index is 13.0. The number of anilines is 1. The van der Waals surface area contributed by atoms with Crippen LogP contribution in [0, 0.1) is 6.92 Å². The first-order valence-electron chi connectivity index (χ1n) is 7.76. The Balaban J connectivity index is 1.99. The molecule has 1 saturated heterocycles. The molecule has 138 valence electrons. The fourth-order valence-electron chi connectivity index (χ4n) is 2.68. The van der Waals surface area contributed by atoms with Gasteiger partial charge in [0.2, 0.25) is 21.3 Å². The Labute approximate surface area is 154 Å². The number of piperazine rings is 1. The van der Waals surface area contributed by atoms with E-state index in [1.165, 1.54) is 6.92 Å². The second-order valence-corrected chi connectivity index (χ2v) is 8.82. The number of carbonyl (C=O) groups is 2. The van der Waals surface area contributed by atoms with Crippen LogP contribution in [0.25, 0.3) is 0 Å². The van der Waals surface area contributed by atoms with Crippen molar-refractivity contribution in [1.29, 1.82) is 0 Å². The highest BCUT2D eigenvalue weighted by Gasteiger charge is 2.41. The van der Waals surface area contributed by atoms with Crippen molar-refractivity contribution in [3.63, 3.8) is 0 Å². The number of sulfonamides is 1. The van der Waals surface area contributed by atoms with E-state index in [1.54, 1.807) is 18.2 Å². The quantitative estimate of drug-likeness (QED) is 0.734. The first kappa shape index (κ1) is 18.4. The van der Waals surface area contributed by atoms with Gasteiger partial charge < -0.3 is 10.6 Å². The van der Waals surface area contributed by atoms with E-state index >= 15 is 0 Å². The lowest BCUT2D eigenvalue weighted by molar-refractivity contribution is -0.127. The zero-order valence-electron chi connectivity index (χ0n) is 14.1. The molecule has 1 aromatic heterocycles. The van der Waals surface area contributed by atoms with E-state index in [0.717, 1.165) is 21.2 Å². The van der Waals surface area contributed by atoms with Gasteiger partial charge in [0, 0.05) is 20.0 Å². The van der Waals surface area contributed by atoms with E-state index in [4.69, 9.17) is 0 Å². The van der Waals surface area contributed by atoms with Crippen molar-refractivity contribution in [2.75, 3.05) is 18.4 Å². The van der Waals surface area contributed by atoms with Crippen molar-refractivity contribution in [2.45, 2.75) is 24.2 Å². The maximum Gasteiger partial charge on any atom is 0.273 e. The number of benzene rings is 1. The first-order chi connectivity index (χ1) is 12.3. The summed E-state index contributed by atoms with van der Waals surface area (Å²) in [5.41, 5.74) is 1.50. The smallest absolute Gasteiger partial charge is 0.273 e. The second-order valence-electron chi connectivity index (χ2n) is 5.78. The van der Waals surface area contributed by atoms with E-state index < -0.39 is 22.0 Å². The summed E-state index contributed by atoms with van der Waals surface area (Å²) in [6, 6.07) is 6.15. The largest absolute Gasteiger partial charge is 0.353 e. The molecule has 2 amide bonds. The second kappa shape index (κ2) is 7.09. The van der Waals surface area contributed by atoms with E-state index in [-0.39, 0.29) is 28.5 Å². The molecule has 1 aliphatic rings. The third-order valence-electron chi connectivity index (χ3n) is 3.74. The number of nitrogens with zero attached hydrogens (tertiary/aromatic N) is 3. The van der Waals surface area contributed by atoms with Crippen molar-refractivity contribution in [3.8, 4) is 0 Å². The molecule has 0 aliphatic carbocycles. The minimum atomic E-state index is -4.05. The molecule has 26 heavy (non-hydrogen) atoms. The van der Waals surface area contributed by atoms with Crippen LogP contribution in [0.3, 0.4) is 0 Å². The van der Waals surface area contributed by atoms with Gasteiger partial charge in [-0.05, 0) is 12.5 Å². The van der Waals surface area contributed by atoms with Crippen LogP contribution in [-0.2, 0) is 19.6 Å². The summed E-state index contributed by atoms with van der Waals surface area (Å²) in [4.78, 5) is 23.5. The minimum absolute atomic E-state index is 0.0876. The molecule has 1 unspecified atom stereocenters. The number of carbonyl (C=O) groups excluding carboxylic acids is 2. The lowest BCUT2D eigenvalue weighted by atomic mass is 10.0. The Hall–Kier alpha value is -2.37. The zero-order valence-corrected chi connectivity index (χ0v) is 15.7. The number of hydrogen-bond acceptors (Lipinski definition) is 7. The summed E-state index contributed by atoms with van der Waals surface area (Å²) in [5, 5.41) is 12.5. The molecule has 1 aromatic carbocycles. The van der Waals surface area contributed by atoms with Crippen molar-refractivity contribution in [2.24, 2.45) is 0 Å². The first-order valence-corrected chi connectivity index (χ1v) is 10.0.